The smallest absolute Gasteiger partial charge is 0.158 e. The zero-order valence-corrected chi connectivity index (χ0v) is 11.6. The third-order valence-electron chi connectivity index (χ3n) is 3.31. The molecule has 1 aromatic heterocycles. The van der Waals surface area contributed by atoms with Gasteiger partial charge in [0.2, 0.25) is 0 Å². The van der Waals surface area contributed by atoms with Gasteiger partial charge in [-0.25, -0.2) is 9.97 Å². The molecule has 6 nitrogen and oxygen atoms in total. The lowest BCUT2D eigenvalue weighted by Crippen LogP contribution is -2.37. The van der Waals surface area contributed by atoms with Crippen molar-refractivity contribution in [3.63, 3.8) is 0 Å². The highest BCUT2D eigenvalue weighted by Gasteiger charge is 2.20. The summed E-state index contributed by atoms with van der Waals surface area (Å²) in [6, 6.07) is 2.26. The molecular formula is C13H22N4O2. The van der Waals surface area contributed by atoms with Crippen molar-refractivity contribution in [2.45, 2.75) is 32.4 Å². The van der Waals surface area contributed by atoms with Crippen molar-refractivity contribution in [2.24, 2.45) is 0 Å². The van der Waals surface area contributed by atoms with Gasteiger partial charge in [0.05, 0.1) is 0 Å². The first kappa shape index (κ1) is 14.0. The molecule has 0 radical (unpaired) electrons. The summed E-state index contributed by atoms with van der Waals surface area (Å²) in [5.41, 5.74) is 5.84. The molecule has 6 heteroatoms. The van der Waals surface area contributed by atoms with Gasteiger partial charge in [0.15, 0.2) is 5.82 Å². The van der Waals surface area contributed by atoms with Crippen molar-refractivity contribution in [3.8, 4) is 0 Å². The highest BCUT2D eigenvalue weighted by molar-refractivity contribution is 5.47. The van der Waals surface area contributed by atoms with Crippen LogP contribution in [-0.4, -0.2) is 42.9 Å². The maximum absolute atomic E-state index is 5.84. The number of ether oxygens (including phenoxy) is 2. The van der Waals surface area contributed by atoms with Gasteiger partial charge in [-0.1, -0.05) is 0 Å². The monoisotopic (exact) mass is 266 g/mol. The summed E-state index contributed by atoms with van der Waals surface area (Å²) < 4.78 is 10.7. The van der Waals surface area contributed by atoms with E-state index in [1.54, 1.807) is 0 Å². The van der Waals surface area contributed by atoms with E-state index in [2.05, 4.69) is 14.9 Å². The molecule has 2 rings (SSSR count). The van der Waals surface area contributed by atoms with E-state index in [4.69, 9.17) is 15.2 Å². The molecule has 106 valence electrons. The Morgan fingerprint density at radius 3 is 2.84 bits per heavy atom. The van der Waals surface area contributed by atoms with Crippen LogP contribution in [0.5, 0.6) is 0 Å². The Balaban J connectivity index is 2.11. The minimum absolute atomic E-state index is 0.399. The summed E-state index contributed by atoms with van der Waals surface area (Å²) in [6.07, 6.45) is 2.03. The Kier molecular flexibility index (Phi) is 4.93. The van der Waals surface area contributed by atoms with Crippen LogP contribution in [0.25, 0.3) is 0 Å². The van der Waals surface area contributed by atoms with Crippen molar-refractivity contribution < 1.29 is 9.47 Å². The number of rotatable bonds is 5. The van der Waals surface area contributed by atoms with Crippen LogP contribution < -0.4 is 10.6 Å². The van der Waals surface area contributed by atoms with Crippen LogP contribution in [-0.2, 0) is 16.1 Å². The van der Waals surface area contributed by atoms with E-state index in [-0.39, 0.29) is 0 Å². The van der Waals surface area contributed by atoms with Crippen LogP contribution in [0.3, 0.4) is 0 Å². The normalized spacial score (nSPS) is 16.5. The molecule has 0 aliphatic carbocycles. The van der Waals surface area contributed by atoms with E-state index in [0.29, 0.717) is 30.9 Å². The molecule has 1 aromatic rings. The second-order valence-corrected chi connectivity index (χ2v) is 4.66. The molecule has 2 N–H and O–H groups in total. The molecule has 1 fully saturated rings. The SMILES string of the molecule is CCOCc1nc(N)cc(N(C)C2CCOCC2)n1. The van der Waals surface area contributed by atoms with Crippen LogP contribution in [0.2, 0.25) is 0 Å². The van der Waals surface area contributed by atoms with Crippen molar-refractivity contribution in [2.75, 3.05) is 37.5 Å². The minimum Gasteiger partial charge on any atom is -0.384 e. The molecule has 0 spiro atoms. The summed E-state index contributed by atoms with van der Waals surface area (Å²) in [5, 5.41) is 0. The summed E-state index contributed by atoms with van der Waals surface area (Å²) in [5.74, 6) is 1.98. The predicted octanol–water partition coefficient (Wildman–Crippen LogP) is 1.21. The van der Waals surface area contributed by atoms with Gasteiger partial charge in [-0.2, -0.15) is 0 Å². The Hall–Kier alpha value is -1.40. The maximum atomic E-state index is 5.84. The van der Waals surface area contributed by atoms with Gasteiger partial charge in [-0.05, 0) is 19.8 Å². The third-order valence-corrected chi connectivity index (χ3v) is 3.31. The minimum atomic E-state index is 0.399. The maximum Gasteiger partial charge on any atom is 0.158 e. The fraction of sp³-hybridized carbons (Fsp3) is 0.692. The van der Waals surface area contributed by atoms with Gasteiger partial charge in [-0.3, -0.25) is 0 Å². The Morgan fingerprint density at radius 1 is 1.42 bits per heavy atom. The molecule has 0 atom stereocenters. The largest absolute Gasteiger partial charge is 0.384 e. The van der Waals surface area contributed by atoms with E-state index >= 15 is 0 Å². The lowest BCUT2D eigenvalue weighted by molar-refractivity contribution is 0.0853. The molecule has 1 saturated heterocycles. The fourth-order valence-corrected chi connectivity index (χ4v) is 2.20. The first-order chi connectivity index (χ1) is 9.20. The third kappa shape index (κ3) is 3.78. The number of aromatic nitrogens is 2. The van der Waals surface area contributed by atoms with Gasteiger partial charge in [0, 0.05) is 39.0 Å². The van der Waals surface area contributed by atoms with Crippen LogP contribution in [0.4, 0.5) is 11.6 Å². The predicted molar refractivity (Wildman–Crippen MR) is 74.0 cm³/mol. The van der Waals surface area contributed by atoms with Gasteiger partial charge in [0.1, 0.15) is 18.2 Å². The lowest BCUT2D eigenvalue weighted by Gasteiger charge is -2.32. The number of hydrogen-bond donors (Lipinski definition) is 1. The molecule has 0 bridgehead atoms. The van der Waals surface area contributed by atoms with Crippen molar-refractivity contribution in [3.05, 3.63) is 11.9 Å². The average molecular weight is 266 g/mol. The molecule has 19 heavy (non-hydrogen) atoms. The highest BCUT2D eigenvalue weighted by Crippen LogP contribution is 2.20. The number of anilines is 2. The molecule has 0 aromatic carbocycles. The van der Waals surface area contributed by atoms with Crippen molar-refractivity contribution in [1.29, 1.82) is 0 Å². The highest BCUT2D eigenvalue weighted by atomic mass is 16.5. The van der Waals surface area contributed by atoms with Crippen molar-refractivity contribution in [1.82, 2.24) is 9.97 Å². The zero-order chi connectivity index (χ0) is 13.7. The van der Waals surface area contributed by atoms with Crippen molar-refractivity contribution >= 4 is 11.6 Å². The molecule has 0 unspecified atom stereocenters. The molecule has 0 amide bonds. The fourth-order valence-electron chi connectivity index (χ4n) is 2.20. The topological polar surface area (TPSA) is 73.5 Å². The first-order valence-electron chi connectivity index (χ1n) is 6.72. The molecule has 2 heterocycles. The Labute approximate surface area is 113 Å². The zero-order valence-electron chi connectivity index (χ0n) is 11.6. The molecule has 1 aliphatic heterocycles. The van der Waals surface area contributed by atoms with E-state index in [1.807, 2.05) is 20.0 Å². The molecule has 1 aliphatic rings. The average Bonchev–Trinajstić information content (AvgIpc) is 2.44. The van der Waals surface area contributed by atoms with E-state index in [0.717, 1.165) is 31.9 Å². The van der Waals surface area contributed by atoms with Gasteiger partial charge in [-0.15, -0.1) is 0 Å². The second-order valence-electron chi connectivity index (χ2n) is 4.66. The van der Waals surface area contributed by atoms with Gasteiger partial charge < -0.3 is 20.1 Å². The van der Waals surface area contributed by atoms with Gasteiger partial charge >= 0.3 is 0 Å². The van der Waals surface area contributed by atoms with Gasteiger partial charge in [0.25, 0.3) is 0 Å². The Bertz CT molecular complexity index is 408. The van der Waals surface area contributed by atoms with E-state index < -0.39 is 0 Å². The summed E-state index contributed by atoms with van der Waals surface area (Å²) >= 11 is 0. The van der Waals surface area contributed by atoms with Crippen LogP contribution in [0.1, 0.15) is 25.6 Å². The number of nitrogens with two attached hydrogens (primary N) is 1. The number of hydrogen-bond acceptors (Lipinski definition) is 6. The molecule has 0 saturated carbocycles. The quantitative estimate of drug-likeness (QED) is 0.863. The van der Waals surface area contributed by atoms with Crippen LogP contribution in [0.15, 0.2) is 6.07 Å². The standard InChI is InChI=1S/C13H22N4O2/c1-3-18-9-12-15-11(14)8-13(16-12)17(2)10-4-6-19-7-5-10/h8,10H,3-7,9H2,1-2H3,(H2,14,15,16). The second kappa shape index (κ2) is 6.68. The Morgan fingerprint density at radius 2 is 2.16 bits per heavy atom. The van der Waals surface area contributed by atoms with E-state index in [9.17, 15) is 0 Å². The van der Waals surface area contributed by atoms with E-state index in [1.165, 1.54) is 0 Å². The van der Waals surface area contributed by atoms with Crippen LogP contribution >= 0.6 is 0 Å². The number of nitrogen functional groups attached to an aromatic ring is 1. The first-order valence-corrected chi connectivity index (χ1v) is 6.72. The summed E-state index contributed by atoms with van der Waals surface area (Å²) in [6.45, 7) is 4.60. The molecular weight excluding hydrogens is 244 g/mol. The summed E-state index contributed by atoms with van der Waals surface area (Å²) in [4.78, 5) is 10.9. The number of nitrogens with zero attached hydrogens (tertiary/aromatic N) is 3. The summed E-state index contributed by atoms with van der Waals surface area (Å²) in [7, 11) is 2.04. The lowest BCUT2D eigenvalue weighted by atomic mass is 10.1. The van der Waals surface area contributed by atoms with Crippen LogP contribution in [0, 0.1) is 0 Å².